The highest BCUT2D eigenvalue weighted by molar-refractivity contribution is 5.63. The zero-order chi connectivity index (χ0) is 28.5. The maximum absolute atomic E-state index is 9.60. The Morgan fingerprint density at radius 3 is 1.97 bits per heavy atom. The first-order valence-electron chi connectivity index (χ1n) is 13.1. The van der Waals surface area contributed by atoms with Crippen molar-refractivity contribution in [2.45, 2.75) is 72.5 Å². The van der Waals surface area contributed by atoms with Gasteiger partial charge in [-0.25, -0.2) is 9.97 Å². The maximum atomic E-state index is 9.60. The number of hydrogen-bond acceptors (Lipinski definition) is 6. The summed E-state index contributed by atoms with van der Waals surface area (Å²) in [4.78, 5) is 23.3. The third-order valence-electron chi connectivity index (χ3n) is 5.87. The number of ether oxygens (including phenoxy) is 2. The van der Waals surface area contributed by atoms with Crippen molar-refractivity contribution in [3.05, 3.63) is 107 Å². The molecule has 2 aromatic heterocycles. The Hall–Kier alpha value is -4.06. The molecule has 0 aliphatic heterocycles. The van der Waals surface area contributed by atoms with E-state index >= 15 is 0 Å². The van der Waals surface area contributed by atoms with E-state index in [9.17, 15) is 4.79 Å². The van der Waals surface area contributed by atoms with Crippen molar-refractivity contribution in [1.82, 2.24) is 15.0 Å². The van der Waals surface area contributed by atoms with Gasteiger partial charge in [0, 0.05) is 17.5 Å². The minimum absolute atomic E-state index is 0.154. The Morgan fingerprint density at radius 1 is 0.795 bits per heavy atom. The van der Waals surface area contributed by atoms with E-state index in [4.69, 9.17) is 4.74 Å². The van der Waals surface area contributed by atoms with Gasteiger partial charge < -0.3 is 9.47 Å². The summed E-state index contributed by atoms with van der Waals surface area (Å²) in [5.74, 6) is 1.45. The fraction of sp³-hybridized carbons (Fsp3) is 0.333. The number of carbonyl (C=O) groups is 1. The first-order valence-corrected chi connectivity index (χ1v) is 13.1. The van der Waals surface area contributed by atoms with Crippen LogP contribution in [0.2, 0.25) is 0 Å². The van der Waals surface area contributed by atoms with Crippen molar-refractivity contribution in [1.29, 1.82) is 0 Å². The second kappa shape index (κ2) is 13.1. The molecule has 4 rings (SSSR count). The van der Waals surface area contributed by atoms with Crippen LogP contribution in [0.15, 0.2) is 79.1 Å². The van der Waals surface area contributed by atoms with Crippen LogP contribution in [-0.4, -0.2) is 27.0 Å². The third-order valence-corrected chi connectivity index (χ3v) is 5.87. The molecule has 0 amide bonds. The first kappa shape index (κ1) is 29.5. The van der Waals surface area contributed by atoms with Crippen molar-refractivity contribution in [2.24, 2.45) is 0 Å². The zero-order valence-electron chi connectivity index (χ0n) is 24.1. The molecule has 2 aromatic carbocycles. The molecule has 0 aliphatic rings. The van der Waals surface area contributed by atoms with Crippen LogP contribution in [0.25, 0.3) is 11.1 Å². The van der Waals surface area contributed by atoms with Gasteiger partial charge in [-0.2, -0.15) is 0 Å². The number of aryl methyl sites for hydroxylation is 1. The van der Waals surface area contributed by atoms with Crippen LogP contribution in [0, 0.1) is 6.92 Å². The molecule has 204 valence electrons. The molecule has 6 nitrogen and oxygen atoms in total. The molecule has 4 aromatic rings. The normalized spacial score (nSPS) is 11.3. The van der Waals surface area contributed by atoms with E-state index in [0.717, 1.165) is 28.3 Å². The van der Waals surface area contributed by atoms with Gasteiger partial charge in [0.15, 0.2) is 5.75 Å². The van der Waals surface area contributed by atoms with Crippen molar-refractivity contribution >= 4 is 6.47 Å². The number of aromatic nitrogens is 3. The van der Waals surface area contributed by atoms with Crippen molar-refractivity contribution in [3.63, 3.8) is 0 Å². The zero-order valence-corrected chi connectivity index (χ0v) is 24.1. The molecule has 0 radical (unpaired) electrons. The average Bonchev–Trinajstić information content (AvgIpc) is 2.89. The lowest BCUT2D eigenvalue weighted by atomic mass is 9.86. The standard InChI is InChI=1S/C28H29N3O.C5H10O2/c1-20-26(32-19-21-8-6-5-7-9-21)18-30-27(31-20)16-25-15-12-23(17-29-25)22-10-13-24(14-11-22)28(2,3)4;1-5(2,3)7-4-6/h5-15,17-18H,16,19H2,1-4H3;4H,1-3H3. The summed E-state index contributed by atoms with van der Waals surface area (Å²) in [6, 6.07) is 23.0. The van der Waals surface area contributed by atoms with Gasteiger partial charge in [-0.05, 0) is 55.9 Å². The molecule has 2 heterocycles. The van der Waals surface area contributed by atoms with Gasteiger partial charge in [0.25, 0.3) is 6.47 Å². The topological polar surface area (TPSA) is 74.2 Å². The Bertz CT molecular complexity index is 1320. The molecular formula is C33H39N3O3. The molecule has 0 aliphatic carbocycles. The largest absolute Gasteiger partial charge is 0.485 e. The van der Waals surface area contributed by atoms with E-state index in [1.807, 2.05) is 70.3 Å². The molecule has 0 N–H and O–H groups in total. The van der Waals surface area contributed by atoms with Gasteiger partial charge in [0.2, 0.25) is 0 Å². The summed E-state index contributed by atoms with van der Waals surface area (Å²) in [5.41, 5.74) is 6.34. The van der Waals surface area contributed by atoms with Gasteiger partial charge in [-0.3, -0.25) is 9.78 Å². The van der Waals surface area contributed by atoms with Crippen molar-refractivity contribution in [3.8, 4) is 16.9 Å². The summed E-state index contributed by atoms with van der Waals surface area (Å²) in [6.45, 7) is 15.1. The lowest BCUT2D eigenvalue weighted by Gasteiger charge is -2.19. The summed E-state index contributed by atoms with van der Waals surface area (Å²) >= 11 is 0. The molecule has 0 spiro atoms. The average molecular weight is 526 g/mol. The highest BCUT2D eigenvalue weighted by atomic mass is 16.5. The Kier molecular flexibility index (Phi) is 9.94. The minimum Gasteiger partial charge on any atom is -0.485 e. The minimum atomic E-state index is -0.318. The van der Waals surface area contributed by atoms with E-state index in [1.165, 1.54) is 11.1 Å². The smallest absolute Gasteiger partial charge is 0.293 e. The van der Waals surface area contributed by atoms with Crippen LogP contribution in [0.5, 0.6) is 5.75 Å². The monoisotopic (exact) mass is 525 g/mol. The van der Waals surface area contributed by atoms with Gasteiger partial charge in [0.05, 0.1) is 18.3 Å². The van der Waals surface area contributed by atoms with E-state index in [-0.39, 0.29) is 11.0 Å². The number of nitrogens with zero attached hydrogens (tertiary/aromatic N) is 3. The highest BCUT2D eigenvalue weighted by Gasteiger charge is 2.13. The maximum Gasteiger partial charge on any atom is 0.293 e. The summed E-state index contributed by atoms with van der Waals surface area (Å²) in [7, 11) is 0. The molecule has 0 fully saturated rings. The van der Waals surface area contributed by atoms with Gasteiger partial charge >= 0.3 is 0 Å². The van der Waals surface area contributed by atoms with Crippen LogP contribution in [-0.2, 0) is 28.0 Å². The lowest BCUT2D eigenvalue weighted by molar-refractivity contribution is -0.138. The molecule has 0 unspecified atom stereocenters. The predicted molar refractivity (Wildman–Crippen MR) is 156 cm³/mol. The molecule has 0 bridgehead atoms. The fourth-order valence-electron chi connectivity index (χ4n) is 3.64. The second-order valence-electron chi connectivity index (χ2n) is 11.4. The molecule has 0 saturated heterocycles. The molecule has 0 atom stereocenters. The summed E-state index contributed by atoms with van der Waals surface area (Å²) in [6.07, 6.45) is 4.26. The van der Waals surface area contributed by atoms with E-state index in [1.54, 1.807) is 6.20 Å². The van der Waals surface area contributed by atoms with Crippen LogP contribution in [0.1, 0.15) is 69.9 Å². The summed E-state index contributed by atoms with van der Waals surface area (Å²) < 4.78 is 10.4. The Balaban J connectivity index is 0.000000532. The van der Waals surface area contributed by atoms with E-state index in [2.05, 4.69) is 70.8 Å². The Labute approximate surface area is 232 Å². The predicted octanol–water partition coefficient (Wildman–Crippen LogP) is 7.27. The number of hydrogen-bond donors (Lipinski definition) is 0. The molecule has 6 heteroatoms. The number of benzene rings is 2. The van der Waals surface area contributed by atoms with Crippen LogP contribution >= 0.6 is 0 Å². The molecular weight excluding hydrogens is 486 g/mol. The van der Waals surface area contributed by atoms with Gasteiger partial charge in [-0.1, -0.05) is 81.4 Å². The highest BCUT2D eigenvalue weighted by Crippen LogP contribution is 2.26. The molecule has 39 heavy (non-hydrogen) atoms. The Morgan fingerprint density at radius 2 is 1.46 bits per heavy atom. The van der Waals surface area contributed by atoms with Crippen LogP contribution < -0.4 is 4.74 Å². The van der Waals surface area contributed by atoms with Crippen molar-refractivity contribution in [2.75, 3.05) is 0 Å². The first-order chi connectivity index (χ1) is 18.4. The quantitative estimate of drug-likeness (QED) is 0.236. The lowest BCUT2D eigenvalue weighted by Crippen LogP contribution is -2.17. The fourth-order valence-corrected chi connectivity index (χ4v) is 3.64. The van der Waals surface area contributed by atoms with E-state index in [0.29, 0.717) is 25.2 Å². The van der Waals surface area contributed by atoms with Crippen LogP contribution in [0.4, 0.5) is 0 Å². The third kappa shape index (κ3) is 9.64. The number of rotatable bonds is 7. The second-order valence-corrected chi connectivity index (χ2v) is 11.4. The summed E-state index contributed by atoms with van der Waals surface area (Å²) in [5, 5.41) is 0. The van der Waals surface area contributed by atoms with E-state index < -0.39 is 0 Å². The molecule has 0 saturated carbocycles. The van der Waals surface area contributed by atoms with Gasteiger partial charge in [0.1, 0.15) is 18.0 Å². The number of carbonyl (C=O) groups excluding carboxylic acids is 1. The van der Waals surface area contributed by atoms with Gasteiger partial charge in [-0.15, -0.1) is 0 Å². The number of pyridine rings is 1. The van der Waals surface area contributed by atoms with Crippen LogP contribution in [0.3, 0.4) is 0 Å². The SMILES string of the molecule is CC(C)(C)OC=O.Cc1nc(Cc2ccc(-c3ccc(C(C)(C)C)cc3)cn2)ncc1OCc1ccccc1. The van der Waals surface area contributed by atoms with Crippen molar-refractivity contribution < 1.29 is 14.3 Å².